The van der Waals surface area contributed by atoms with Gasteiger partial charge in [0.1, 0.15) is 42.9 Å². The highest BCUT2D eigenvalue weighted by molar-refractivity contribution is 7.51. The molecular weight excluding hydrogens is 1780 g/mol. The Bertz CT molecular complexity index is 4260. The number of likely N-dealkylation sites (tertiary alicyclic amines) is 2. The van der Waals surface area contributed by atoms with E-state index in [9.17, 15) is 85.9 Å². The van der Waals surface area contributed by atoms with Crippen molar-refractivity contribution in [1.82, 2.24) is 67.5 Å². The predicted octanol–water partition coefficient (Wildman–Crippen LogP) is 1.16. The summed E-state index contributed by atoms with van der Waals surface area (Å²) in [5.41, 5.74) is 6.22. The monoisotopic (exact) mass is 1920 g/mol. The predicted molar refractivity (Wildman–Crippen MR) is 483 cm³/mol. The molecule has 5 rings (SSSR count). The first-order chi connectivity index (χ1) is 62.7. The third-order valence-electron chi connectivity index (χ3n) is 22.9. The highest BCUT2D eigenvalue weighted by Crippen LogP contribution is 2.50. The number of hydrogen-bond acceptors (Lipinski definition) is 27. The largest absolute Gasteiger partial charge is 0.473 e. The van der Waals surface area contributed by atoms with Gasteiger partial charge in [0.05, 0.1) is 121 Å². The first-order valence-corrected chi connectivity index (χ1v) is 48.2. The van der Waals surface area contributed by atoms with Crippen LogP contribution in [0.3, 0.4) is 0 Å². The first kappa shape index (κ1) is 114. The molecule has 15 N–H and O–H groups in total. The zero-order valence-corrected chi connectivity index (χ0v) is 80.8. The van der Waals surface area contributed by atoms with Crippen molar-refractivity contribution in [3.8, 4) is 0 Å². The zero-order valence-electron chi connectivity index (χ0n) is 79.1. The molecule has 46 heteroatoms. The number of nitrogens with one attached hydrogen (secondary N) is 10. The van der Waals surface area contributed by atoms with Gasteiger partial charge in [0.2, 0.25) is 76.8 Å². The number of benzene rings is 2. The molecule has 3 unspecified atom stereocenters. The number of carbonyl (C=O) groups excluding carboxylic acids is 15. The average Bonchev–Trinajstić information content (AvgIpc) is 1.70. The molecule has 15 amide bonds. The van der Waals surface area contributed by atoms with Gasteiger partial charge in [0.25, 0.3) is 0 Å². The Morgan fingerprint density at radius 2 is 1.26 bits per heavy atom. The number of phosphoric acid groups is 1. The highest BCUT2D eigenvalue weighted by atomic mass is 31.2. The number of amides is 15. The quantitative estimate of drug-likeness (QED) is 0.0191. The molecule has 3 fully saturated rings. The summed E-state index contributed by atoms with van der Waals surface area (Å²) in [6.07, 6.45) is -3.72. The smallest absolute Gasteiger partial charge is 0.461 e. The lowest BCUT2D eigenvalue weighted by Crippen LogP contribution is -2.59. The lowest BCUT2D eigenvalue weighted by Gasteiger charge is -2.41. The minimum Gasteiger partial charge on any atom is -0.461 e. The van der Waals surface area contributed by atoms with Gasteiger partial charge >= 0.3 is 27.4 Å². The molecule has 3 aliphatic heterocycles. The SMILES string of the molecule is CC[C@H](C)[C@@H]([C@@H](CC(=O)N1CCC[C@H]1[C@H](OC)[C@@H](C)C(=O)N[C@H](C)[C@@H](OP(=O)(O)OCc1ccc(NC(=O)[C@H](CCCNC(N)=O)NC(=O)[C@@H](NC(=O)[C@H](CC(=O)NC2COC2=O)NC(=O)CCOCCOCCOCCOCCNC(=O)[C@H](CNC(=O)CCP(=O)(O)O)N2C(=O)CC(C)C2=O)C(C)C)cc1)c1ccccc1)OC)N(C)C(=O)[C@@H](NC(=O)[C@H](C(C)C)N(C)C)C(C)C. The highest BCUT2D eigenvalue weighted by Gasteiger charge is 2.47. The number of ether oxygens (including phenoxy) is 7. The number of imide groups is 1. The van der Waals surface area contributed by atoms with Crippen LogP contribution in [-0.2, 0) is 125 Å². The van der Waals surface area contributed by atoms with Crippen molar-refractivity contribution in [3.05, 3.63) is 65.7 Å². The Morgan fingerprint density at radius 1 is 0.639 bits per heavy atom. The Balaban J connectivity index is 1.14. The number of anilines is 1. The van der Waals surface area contributed by atoms with E-state index in [2.05, 4.69) is 53.2 Å². The van der Waals surface area contributed by atoms with Crippen molar-refractivity contribution in [3.63, 3.8) is 0 Å². The van der Waals surface area contributed by atoms with E-state index in [0.717, 1.165) is 4.90 Å². The third-order valence-corrected chi connectivity index (χ3v) is 24.7. The van der Waals surface area contributed by atoms with E-state index < -0.39 is 215 Å². The summed E-state index contributed by atoms with van der Waals surface area (Å²) in [6.45, 7) is 19.0. The van der Waals surface area contributed by atoms with Crippen molar-refractivity contribution in [1.29, 1.82) is 0 Å². The molecule has 2 aromatic carbocycles. The van der Waals surface area contributed by atoms with E-state index in [1.807, 2.05) is 60.5 Å². The lowest BCUT2D eigenvalue weighted by atomic mass is 9.89. The van der Waals surface area contributed by atoms with Crippen molar-refractivity contribution < 1.29 is 138 Å². The van der Waals surface area contributed by atoms with Crippen LogP contribution in [0.25, 0.3) is 0 Å². The topological polar surface area (TPSA) is 593 Å². The van der Waals surface area contributed by atoms with Gasteiger partial charge in [-0.2, -0.15) is 0 Å². The van der Waals surface area contributed by atoms with E-state index in [1.165, 1.54) is 45.4 Å². The van der Waals surface area contributed by atoms with Crippen LogP contribution in [0.2, 0.25) is 0 Å². The number of likely N-dealkylation sites (N-methyl/N-ethyl adjacent to an activating group) is 2. The van der Waals surface area contributed by atoms with Gasteiger partial charge in [-0.1, -0.05) is 118 Å². The molecule has 3 heterocycles. The van der Waals surface area contributed by atoms with Crippen LogP contribution in [0.5, 0.6) is 0 Å². The second-order valence-corrected chi connectivity index (χ2v) is 37.8. The van der Waals surface area contributed by atoms with Crippen LogP contribution < -0.4 is 58.9 Å². The van der Waals surface area contributed by atoms with Gasteiger partial charge < -0.3 is 117 Å². The molecule has 0 aliphatic carbocycles. The Morgan fingerprint density at radius 3 is 1.80 bits per heavy atom. The zero-order chi connectivity index (χ0) is 99.1. The molecule has 0 aromatic heterocycles. The molecule has 3 aliphatic rings. The Labute approximate surface area is 777 Å². The molecule has 0 spiro atoms. The number of hydrogen-bond donors (Lipinski definition) is 14. The first-order valence-electron chi connectivity index (χ1n) is 44.9. The number of methoxy groups -OCH3 is 2. The van der Waals surface area contributed by atoms with Crippen LogP contribution in [-0.4, -0.2) is 323 Å². The number of carbonyl (C=O) groups is 15. The van der Waals surface area contributed by atoms with Gasteiger partial charge in [-0.15, -0.1) is 0 Å². The average molecular weight is 1920 g/mol. The molecule has 2 aromatic rings. The lowest BCUT2D eigenvalue weighted by molar-refractivity contribution is -0.164. The Kier molecular flexibility index (Phi) is 48.6. The number of rotatable bonds is 62. The summed E-state index contributed by atoms with van der Waals surface area (Å²) >= 11 is 0. The third kappa shape index (κ3) is 37.9. The maximum Gasteiger partial charge on any atom is 0.473 e. The van der Waals surface area contributed by atoms with Crippen LogP contribution >= 0.6 is 15.4 Å². The fourth-order valence-electron chi connectivity index (χ4n) is 15.5. The standard InChI is InChI=1S/C87H141N15O29P2/c1-17-54(8)75(100(14)85(115)73(52(4)5)98-83(113)74(53(6)7)99(12)13)66(123-15)47-70(106)101-35-22-26-64(101)76(124-16)56(10)78(108)92-57(11)77(59-23-19-18-20-24-59)131-133(121,122)130-49-58-27-29-60(30-28-58)93-79(109)61(25-21-33-90-87(88)117)96-82(112)72(51(2)3)97-80(110)62(46-69(105)95-63-50-129-86(63)116)94-68(104)31-36-125-38-40-127-42-43-128-41-39-126-37-34-89-81(111)65(102-71(107)45-55(9)84(102)114)48-91-67(103)32-44-132(118,119)120/h18-20,23-24,27-30,51-57,61-66,72-77H,17,21-22,25-26,31-50H2,1-16H3,(H,89,111)(H,91,103)(H,92,108)(H,93,109)(H,94,104)(H,95,105)(H,96,112)(H,97,110)(H,98,113)(H,121,122)(H3,88,90,117)(H2,118,119,120)/t54-,55?,56+,57+,61-,62-,63?,64-,65-,66+,72-,73-,74-,75-,76+,77+/m0/s1. The molecule has 0 bridgehead atoms. The number of esters is 1. The Hall–Kier alpha value is -9.53. The van der Waals surface area contributed by atoms with Crippen LogP contribution in [0.1, 0.15) is 158 Å². The van der Waals surface area contributed by atoms with Gasteiger partial charge in [0.15, 0.2) is 6.04 Å². The summed E-state index contributed by atoms with van der Waals surface area (Å²) in [7, 11) is -1.25. The maximum absolute atomic E-state index is 14.7. The van der Waals surface area contributed by atoms with Gasteiger partial charge in [-0.3, -0.25) is 85.7 Å². The molecule has 0 radical (unpaired) electrons. The molecule has 748 valence electrons. The molecule has 44 nitrogen and oxygen atoms in total. The number of nitrogens with two attached hydrogens (primary N) is 1. The summed E-state index contributed by atoms with van der Waals surface area (Å²) in [5, 5.41) is 26.2. The number of primary amides is 1. The second-order valence-electron chi connectivity index (χ2n) is 34.6. The van der Waals surface area contributed by atoms with Crippen LogP contribution in [0.4, 0.5) is 10.5 Å². The maximum atomic E-state index is 14.7. The van der Waals surface area contributed by atoms with Crippen LogP contribution in [0.15, 0.2) is 54.6 Å². The number of cyclic esters (lactones) is 1. The van der Waals surface area contributed by atoms with E-state index in [4.69, 9.17) is 57.7 Å². The summed E-state index contributed by atoms with van der Waals surface area (Å²) in [6, 6.07) is 3.05. The molecule has 3 saturated heterocycles. The molecule has 133 heavy (non-hydrogen) atoms. The molecule has 0 saturated carbocycles. The van der Waals surface area contributed by atoms with Gasteiger partial charge in [-0.05, 0) is 93.6 Å². The van der Waals surface area contributed by atoms with Crippen molar-refractivity contribution in [2.75, 3.05) is 132 Å². The summed E-state index contributed by atoms with van der Waals surface area (Å²) in [5.74, 6) is -11.9. The normalized spacial score (nSPS) is 18.5. The number of nitrogens with zero attached hydrogens (tertiary/aromatic N) is 4. The van der Waals surface area contributed by atoms with Crippen LogP contribution in [0, 0.1) is 35.5 Å². The summed E-state index contributed by atoms with van der Waals surface area (Å²) < 4.78 is 75.7. The summed E-state index contributed by atoms with van der Waals surface area (Å²) in [4.78, 5) is 237. The van der Waals surface area contributed by atoms with Gasteiger partial charge in [-0.25, -0.2) is 14.2 Å². The molecular formula is C87H141N15O29P2. The van der Waals surface area contributed by atoms with Crippen molar-refractivity contribution in [2.45, 2.75) is 226 Å². The molecule has 17 atom stereocenters. The number of phosphoric ester groups is 1. The van der Waals surface area contributed by atoms with E-state index in [1.54, 1.807) is 74.9 Å². The fourth-order valence-corrected chi connectivity index (χ4v) is 17.0. The van der Waals surface area contributed by atoms with E-state index in [-0.39, 0.29) is 146 Å². The van der Waals surface area contributed by atoms with E-state index in [0.29, 0.717) is 36.9 Å². The minimum atomic E-state index is -5.02. The number of urea groups is 1. The van der Waals surface area contributed by atoms with E-state index >= 15 is 0 Å². The van der Waals surface area contributed by atoms with Gasteiger partial charge in [0, 0.05) is 78.3 Å². The minimum absolute atomic E-state index is 0.00525. The second kappa shape index (κ2) is 56.7. The van der Waals surface area contributed by atoms with Crippen molar-refractivity contribution >= 4 is 110 Å². The van der Waals surface area contributed by atoms with Crippen molar-refractivity contribution in [2.24, 2.45) is 41.2 Å². The fraction of sp³-hybridized carbons (Fsp3) is 0.690.